The molecule has 20 heavy (non-hydrogen) atoms. The summed E-state index contributed by atoms with van der Waals surface area (Å²) in [6.07, 6.45) is 1.75. The minimum absolute atomic E-state index is 0.0485. The summed E-state index contributed by atoms with van der Waals surface area (Å²) in [7, 11) is 0. The van der Waals surface area contributed by atoms with Gasteiger partial charge >= 0.3 is 0 Å². The normalized spacial score (nSPS) is 11.9. The molecule has 0 unspecified atom stereocenters. The molecular weight excluding hydrogens is 248 g/mol. The number of hydrogen-bond donors (Lipinski definition) is 0. The highest BCUT2D eigenvalue weighted by atomic mass is 16.1. The Kier molecular flexibility index (Phi) is 2.78. The van der Waals surface area contributed by atoms with E-state index in [0.29, 0.717) is 5.69 Å². The summed E-state index contributed by atoms with van der Waals surface area (Å²) in [6.45, 7) is 5.72. The third kappa shape index (κ3) is 2.05. The number of Topliss-reactive ketones (excluding diaryl/α,β-unsaturated/α-hetero) is 1. The van der Waals surface area contributed by atoms with Crippen molar-refractivity contribution in [2.45, 2.75) is 20.8 Å². The Labute approximate surface area is 117 Å². The molecule has 3 heteroatoms. The molecule has 100 valence electrons. The summed E-state index contributed by atoms with van der Waals surface area (Å²) in [5.41, 5.74) is 1.70. The van der Waals surface area contributed by atoms with Crippen LogP contribution in [0.3, 0.4) is 0 Å². The van der Waals surface area contributed by atoms with Gasteiger partial charge in [0, 0.05) is 22.4 Å². The summed E-state index contributed by atoms with van der Waals surface area (Å²) >= 11 is 0. The summed E-state index contributed by atoms with van der Waals surface area (Å²) in [6, 6.07) is 11.7. The fraction of sp³-hybridized carbons (Fsp3) is 0.235. The lowest BCUT2D eigenvalue weighted by molar-refractivity contribution is 0.0853. The smallest absolute Gasteiger partial charge is 0.186 e. The van der Waals surface area contributed by atoms with Crippen molar-refractivity contribution in [2.24, 2.45) is 5.41 Å². The average Bonchev–Trinajstić information content (AvgIpc) is 2.45. The Hall–Kier alpha value is -2.29. The molecule has 0 atom stereocenters. The van der Waals surface area contributed by atoms with Crippen LogP contribution < -0.4 is 0 Å². The van der Waals surface area contributed by atoms with Crippen molar-refractivity contribution < 1.29 is 4.79 Å². The number of aromatic nitrogens is 2. The first-order chi connectivity index (χ1) is 9.47. The van der Waals surface area contributed by atoms with Crippen LogP contribution in [0, 0.1) is 5.41 Å². The second-order valence-corrected chi connectivity index (χ2v) is 5.99. The Morgan fingerprint density at radius 2 is 1.60 bits per heavy atom. The van der Waals surface area contributed by atoms with E-state index in [2.05, 4.69) is 9.97 Å². The Balaban J connectivity index is 2.29. The lowest BCUT2D eigenvalue weighted by Gasteiger charge is -2.16. The maximum atomic E-state index is 12.4. The molecule has 0 saturated heterocycles. The minimum atomic E-state index is -0.432. The molecule has 1 aromatic carbocycles. The first kappa shape index (κ1) is 12.7. The molecule has 3 rings (SSSR count). The van der Waals surface area contributed by atoms with E-state index in [1.54, 1.807) is 12.3 Å². The van der Waals surface area contributed by atoms with Gasteiger partial charge in [0.05, 0.1) is 11.0 Å². The van der Waals surface area contributed by atoms with Gasteiger partial charge in [-0.05, 0) is 12.1 Å². The second-order valence-electron chi connectivity index (χ2n) is 5.99. The number of carbonyl (C=O) groups is 1. The standard InChI is InChI=1S/C17H16N2O/c1-17(2,3)16(20)13-9-8-12-7-6-11-5-4-10-18-14(11)15(12)19-13/h4-10H,1-3H3. The van der Waals surface area contributed by atoms with Gasteiger partial charge in [0.15, 0.2) is 5.78 Å². The zero-order chi connectivity index (χ0) is 14.3. The van der Waals surface area contributed by atoms with Crippen LogP contribution in [-0.2, 0) is 0 Å². The van der Waals surface area contributed by atoms with Crippen molar-refractivity contribution in [2.75, 3.05) is 0 Å². The Morgan fingerprint density at radius 3 is 2.30 bits per heavy atom. The molecule has 0 spiro atoms. The molecule has 3 nitrogen and oxygen atoms in total. The summed E-state index contributed by atoms with van der Waals surface area (Å²) in [5.74, 6) is 0.0485. The molecule has 2 aromatic heterocycles. The van der Waals surface area contributed by atoms with Crippen LogP contribution >= 0.6 is 0 Å². The van der Waals surface area contributed by atoms with E-state index >= 15 is 0 Å². The minimum Gasteiger partial charge on any atom is -0.292 e. The molecule has 0 aliphatic carbocycles. The maximum absolute atomic E-state index is 12.4. The molecule has 0 bridgehead atoms. The number of rotatable bonds is 1. The third-order valence-corrected chi connectivity index (χ3v) is 3.35. The van der Waals surface area contributed by atoms with Gasteiger partial charge in [0.1, 0.15) is 5.69 Å². The third-order valence-electron chi connectivity index (χ3n) is 3.35. The summed E-state index contributed by atoms with van der Waals surface area (Å²) in [4.78, 5) is 21.3. The fourth-order valence-electron chi connectivity index (χ4n) is 2.23. The van der Waals surface area contributed by atoms with Crippen LogP contribution in [0.4, 0.5) is 0 Å². The highest BCUT2D eigenvalue weighted by Crippen LogP contribution is 2.25. The molecule has 0 fully saturated rings. The first-order valence-electron chi connectivity index (χ1n) is 6.66. The quantitative estimate of drug-likeness (QED) is 0.492. The number of benzene rings is 1. The van der Waals surface area contributed by atoms with Gasteiger partial charge < -0.3 is 0 Å². The predicted octanol–water partition coefficient (Wildman–Crippen LogP) is 4.01. The van der Waals surface area contributed by atoms with Gasteiger partial charge in [0.2, 0.25) is 0 Å². The van der Waals surface area contributed by atoms with Gasteiger partial charge in [-0.1, -0.05) is 45.0 Å². The van der Waals surface area contributed by atoms with Crippen molar-refractivity contribution in [1.82, 2.24) is 9.97 Å². The van der Waals surface area contributed by atoms with Crippen molar-refractivity contribution in [3.63, 3.8) is 0 Å². The van der Waals surface area contributed by atoms with Crippen LogP contribution in [0.2, 0.25) is 0 Å². The van der Waals surface area contributed by atoms with Crippen LogP contribution in [0.15, 0.2) is 42.6 Å². The van der Waals surface area contributed by atoms with E-state index < -0.39 is 5.41 Å². The van der Waals surface area contributed by atoms with Crippen molar-refractivity contribution in [1.29, 1.82) is 0 Å². The van der Waals surface area contributed by atoms with Crippen molar-refractivity contribution >= 4 is 27.6 Å². The summed E-state index contributed by atoms with van der Waals surface area (Å²) < 4.78 is 0. The Bertz CT molecular complexity index is 816. The number of nitrogens with zero attached hydrogens (tertiary/aromatic N) is 2. The van der Waals surface area contributed by atoms with Crippen LogP contribution in [-0.4, -0.2) is 15.8 Å². The van der Waals surface area contributed by atoms with E-state index in [1.807, 2.05) is 51.1 Å². The van der Waals surface area contributed by atoms with Crippen molar-refractivity contribution in [3.05, 3.63) is 48.3 Å². The van der Waals surface area contributed by atoms with Crippen LogP contribution in [0.1, 0.15) is 31.3 Å². The highest BCUT2D eigenvalue weighted by molar-refractivity contribution is 6.05. The van der Waals surface area contributed by atoms with Crippen LogP contribution in [0.25, 0.3) is 21.8 Å². The SMILES string of the molecule is CC(C)(C)C(=O)c1ccc2ccc3cccnc3c2n1. The molecule has 0 amide bonds. The van der Waals surface area contributed by atoms with Crippen LogP contribution in [0.5, 0.6) is 0 Å². The Morgan fingerprint density at radius 1 is 0.950 bits per heavy atom. The fourth-order valence-corrected chi connectivity index (χ4v) is 2.23. The van der Waals surface area contributed by atoms with E-state index in [9.17, 15) is 4.79 Å². The molecule has 0 aliphatic heterocycles. The highest BCUT2D eigenvalue weighted by Gasteiger charge is 2.24. The average molecular weight is 264 g/mol. The second kappa shape index (κ2) is 4.37. The number of fused-ring (bicyclic) bond motifs is 3. The van der Waals surface area contributed by atoms with Gasteiger partial charge in [-0.3, -0.25) is 9.78 Å². The van der Waals surface area contributed by atoms with Gasteiger partial charge in [-0.15, -0.1) is 0 Å². The zero-order valence-electron chi connectivity index (χ0n) is 11.8. The van der Waals surface area contributed by atoms with E-state index in [-0.39, 0.29) is 5.78 Å². The predicted molar refractivity (Wildman–Crippen MR) is 80.8 cm³/mol. The van der Waals surface area contributed by atoms with E-state index in [0.717, 1.165) is 21.8 Å². The molecular formula is C17H16N2O. The topological polar surface area (TPSA) is 42.9 Å². The number of pyridine rings is 2. The van der Waals surface area contributed by atoms with Crippen molar-refractivity contribution in [3.8, 4) is 0 Å². The molecule has 0 radical (unpaired) electrons. The zero-order valence-corrected chi connectivity index (χ0v) is 11.8. The molecule has 0 aliphatic rings. The number of ketones is 1. The maximum Gasteiger partial charge on any atom is 0.186 e. The first-order valence-corrected chi connectivity index (χ1v) is 6.66. The lowest BCUT2D eigenvalue weighted by Crippen LogP contribution is -2.21. The molecule has 0 N–H and O–H groups in total. The summed E-state index contributed by atoms with van der Waals surface area (Å²) in [5, 5.41) is 2.04. The monoisotopic (exact) mass is 264 g/mol. The van der Waals surface area contributed by atoms with Gasteiger partial charge in [0.25, 0.3) is 0 Å². The molecule has 2 heterocycles. The number of hydrogen-bond acceptors (Lipinski definition) is 3. The van der Waals surface area contributed by atoms with E-state index in [4.69, 9.17) is 0 Å². The van der Waals surface area contributed by atoms with Gasteiger partial charge in [-0.2, -0.15) is 0 Å². The lowest BCUT2D eigenvalue weighted by atomic mass is 9.88. The number of carbonyl (C=O) groups excluding carboxylic acids is 1. The largest absolute Gasteiger partial charge is 0.292 e. The molecule has 3 aromatic rings. The molecule has 0 saturated carbocycles. The van der Waals surface area contributed by atoms with E-state index in [1.165, 1.54) is 0 Å². The van der Waals surface area contributed by atoms with Gasteiger partial charge in [-0.25, -0.2) is 4.98 Å².